The molecule has 1 aliphatic heterocycles. The van der Waals surface area contributed by atoms with Crippen molar-refractivity contribution in [1.82, 2.24) is 15.5 Å². The molecule has 2 aliphatic rings. The molecule has 0 bridgehead atoms. The molecular weight excluding hydrogens is 390 g/mol. The summed E-state index contributed by atoms with van der Waals surface area (Å²) < 4.78 is 0. The van der Waals surface area contributed by atoms with Gasteiger partial charge in [-0.3, -0.25) is 14.4 Å². The molecule has 6 heteroatoms. The minimum Gasteiger partial charge on any atom is -0.353 e. The molecule has 2 N–H and O–H groups in total. The van der Waals surface area contributed by atoms with E-state index in [4.69, 9.17) is 0 Å². The topological polar surface area (TPSA) is 78.5 Å². The van der Waals surface area contributed by atoms with Gasteiger partial charge in [0.25, 0.3) is 5.91 Å². The third-order valence-electron chi connectivity index (χ3n) is 6.55. The first-order chi connectivity index (χ1) is 14.8. The highest BCUT2D eigenvalue weighted by molar-refractivity contribution is 5.97. The van der Waals surface area contributed by atoms with E-state index in [0.29, 0.717) is 18.7 Å². The van der Waals surface area contributed by atoms with Crippen LogP contribution >= 0.6 is 0 Å². The molecule has 0 spiro atoms. The van der Waals surface area contributed by atoms with E-state index in [2.05, 4.69) is 10.6 Å². The van der Waals surface area contributed by atoms with E-state index in [-0.39, 0.29) is 35.6 Å². The summed E-state index contributed by atoms with van der Waals surface area (Å²) >= 11 is 0. The molecule has 1 saturated heterocycles. The van der Waals surface area contributed by atoms with Gasteiger partial charge in [-0.15, -0.1) is 0 Å². The fourth-order valence-electron chi connectivity index (χ4n) is 4.68. The standard InChI is InChI=1S/C25H37N3O3/c1-17(2)22(27-23(29)19-10-7-9-18(3)15-19)25(31)28-14-8-11-20(16-28)24(30)26-21-12-5-4-6-13-21/h7,9-10,15,17,20-22H,4-6,8,11-14,16H2,1-3H3,(H,26,30)(H,27,29). The number of carbonyl (C=O) groups is 3. The van der Waals surface area contributed by atoms with Gasteiger partial charge in [-0.2, -0.15) is 0 Å². The first kappa shape index (κ1) is 23.3. The van der Waals surface area contributed by atoms with Crippen LogP contribution in [0.1, 0.15) is 74.7 Å². The van der Waals surface area contributed by atoms with Gasteiger partial charge in [0.1, 0.15) is 6.04 Å². The first-order valence-corrected chi connectivity index (χ1v) is 11.8. The number of rotatable bonds is 6. The van der Waals surface area contributed by atoms with Crippen LogP contribution in [-0.4, -0.2) is 47.8 Å². The van der Waals surface area contributed by atoms with Crippen LogP contribution in [0, 0.1) is 18.8 Å². The summed E-state index contributed by atoms with van der Waals surface area (Å²) in [6.45, 7) is 6.89. The number of hydrogen-bond donors (Lipinski definition) is 2. The summed E-state index contributed by atoms with van der Waals surface area (Å²) in [6.07, 6.45) is 7.34. The van der Waals surface area contributed by atoms with Crippen LogP contribution < -0.4 is 10.6 Å². The number of nitrogens with zero attached hydrogens (tertiary/aromatic N) is 1. The predicted octanol–water partition coefficient (Wildman–Crippen LogP) is 3.44. The van der Waals surface area contributed by atoms with Gasteiger partial charge in [0.15, 0.2) is 0 Å². The molecule has 2 unspecified atom stereocenters. The highest BCUT2D eigenvalue weighted by Crippen LogP contribution is 2.22. The molecule has 170 valence electrons. The molecule has 2 atom stereocenters. The zero-order chi connectivity index (χ0) is 22.4. The van der Waals surface area contributed by atoms with Gasteiger partial charge in [-0.05, 0) is 50.7 Å². The molecule has 1 aromatic carbocycles. The van der Waals surface area contributed by atoms with Crippen molar-refractivity contribution in [2.45, 2.75) is 77.8 Å². The highest BCUT2D eigenvalue weighted by atomic mass is 16.2. The lowest BCUT2D eigenvalue weighted by molar-refractivity contribution is -0.138. The zero-order valence-corrected chi connectivity index (χ0v) is 19.2. The Bertz CT molecular complexity index is 786. The van der Waals surface area contributed by atoms with Gasteiger partial charge >= 0.3 is 0 Å². The van der Waals surface area contributed by atoms with Crippen LogP contribution in [0.15, 0.2) is 24.3 Å². The summed E-state index contributed by atoms with van der Waals surface area (Å²) in [5.41, 5.74) is 1.56. The summed E-state index contributed by atoms with van der Waals surface area (Å²) in [5.74, 6) is -0.461. The minimum absolute atomic E-state index is 0.0438. The molecule has 1 aromatic rings. The molecule has 1 aliphatic carbocycles. The number of nitrogens with one attached hydrogen (secondary N) is 2. The number of hydrogen-bond acceptors (Lipinski definition) is 3. The molecule has 3 rings (SSSR count). The lowest BCUT2D eigenvalue weighted by Crippen LogP contribution is -2.55. The van der Waals surface area contributed by atoms with E-state index >= 15 is 0 Å². The first-order valence-electron chi connectivity index (χ1n) is 11.8. The Kier molecular flexibility index (Phi) is 8.10. The molecule has 1 saturated carbocycles. The Morgan fingerprint density at radius 3 is 2.45 bits per heavy atom. The Morgan fingerprint density at radius 1 is 1.03 bits per heavy atom. The lowest BCUT2D eigenvalue weighted by Gasteiger charge is -2.36. The lowest BCUT2D eigenvalue weighted by atomic mass is 9.92. The second kappa shape index (κ2) is 10.8. The van der Waals surface area contributed by atoms with Gasteiger partial charge in [-0.1, -0.05) is 50.8 Å². The number of benzene rings is 1. The quantitative estimate of drug-likeness (QED) is 0.730. The molecule has 2 fully saturated rings. The van der Waals surface area contributed by atoms with Crippen molar-refractivity contribution < 1.29 is 14.4 Å². The van der Waals surface area contributed by atoms with E-state index in [9.17, 15) is 14.4 Å². The number of amides is 3. The van der Waals surface area contributed by atoms with Crippen molar-refractivity contribution in [3.8, 4) is 0 Å². The molecule has 0 aromatic heterocycles. The SMILES string of the molecule is Cc1cccc(C(=O)NC(C(=O)N2CCCC(C(=O)NC3CCCCC3)C2)C(C)C)c1. The summed E-state index contributed by atoms with van der Waals surface area (Å²) in [6, 6.07) is 7.04. The van der Waals surface area contributed by atoms with E-state index in [1.807, 2.05) is 39.0 Å². The van der Waals surface area contributed by atoms with Crippen LogP contribution in [0.4, 0.5) is 0 Å². The average molecular weight is 428 g/mol. The highest BCUT2D eigenvalue weighted by Gasteiger charge is 2.34. The number of piperidine rings is 1. The fraction of sp³-hybridized carbons (Fsp3) is 0.640. The molecular formula is C25H37N3O3. The molecule has 3 amide bonds. The smallest absolute Gasteiger partial charge is 0.251 e. The number of carbonyl (C=O) groups excluding carboxylic acids is 3. The molecule has 6 nitrogen and oxygen atoms in total. The summed E-state index contributed by atoms with van der Waals surface area (Å²) in [7, 11) is 0. The Labute approximate surface area is 186 Å². The van der Waals surface area contributed by atoms with E-state index in [0.717, 1.165) is 31.2 Å². The molecule has 31 heavy (non-hydrogen) atoms. The predicted molar refractivity (Wildman–Crippen MR) is 122 cm³/mol. The molecule has 0 radical (unpaired) electrons. The third kappa shape index (κ3) is 6.31. The average Bonchev–Trinajstić information content (AvgIpc) is 2.77. The minimum atomic E-state index is -0.604. The van der Waals surface area contributed by atoms with Gasteiger partial charge in [0.05, 0.1) is 5.92 Å². The second-order valence-electron chi connectivity index (χ2n) is 9.53. The second-order valence-corrected chi connectivity index (χ2v) is 9.53. The largest absolute Gasteiger partial charge is 0.353 e. The van der Waals surface area contributed by atoms with Crippen LogP contribution in [0.3, 0.4) is 0 Å². The normalized spacial score (nSPS) is 20.9. The van der Waals surface area contributed by atoms with Gasteiger partial charge in [-0.25, -0.2) is 0 Å². The van der Waals surface area contributed by atoms with Crippen molar-refractivity contribution in [3.05, 3.63) is 35.4 Å². The van der Waals surface area contributed by atoms with Crippen molar-refractivity contribution in [2.75, 3.05) is 13.1 Å². The van der Waals surface area contributed by atoms with Crippen molar-refractivity contribution in [3.63, 3.8) is 0 Å². The van der Waals surface area contributed by atoms with Gasteiger partial charge < -0.3 is 15.5 Å². The number of likely N-dealkylation sites (tertiary alicyclic amines) is 1. The molecule has 1 heterocycles. The Morgan fingerprint density at radius 2 is 1.77 bits per heavy atom. The maximum Gasteiger partial charge on any atom is 0.251 e. The third-order valence-corrected chi connectivity index (χ3v) is 6.55. The van der Waals surface area contributed by atoms with E-state index < -0.39 is 6.04 Å². The maximum absolute atomic E-state index is 13.3. The maximum atomic E-state index is 13.3. The fourth-order valence-corrected chi connectivity index (χ4v) is 4.68. The van der Waals surface area contributed by atoms with E-state index in [1.54, 1.807) is 11.0 Å². The van der Waals surface area contributed by atoms with Crippen LogP contribution in [0.25, 0.3) is 0 Å². The van der Waals surface area contributed by atoms with E-state index in [1.165, 1.54) is 19.3 Å². The van der Waals surface area contributed by atoms with Gasteiger partial charge in [0.2, 0.25) is 11.8 Å². The Hall–Kier alpha value is -2.37. The van der Waals surface area contributed by atoms with Gasteiger partial charge in [0, 0.05) is 24.7 Å². The summed E-state index contributed by atoms with van der Waals surface area (Å²) in [4.78, 5) is 40.6. The zero-order valence-electron chi connectivity index (χ0n) is 19.2. The van der Waals surface area contributed by atoms with Crippen LogP contribution in [0.5, 0.6) is 0 Å². The van der Waals surface area contributed by atoms with Crippen LogP contribution in [-0.2, 0) is 9.59 Å². The Balaban J connectivity index is 1.61. The number of aryl methyl sites for hydroxylation is 1. The van der Waals surface area contributed by atoms with Crippen molar-refractivity contribution >= 4 is 17.7 Å². The van der Waals surface area contributed by atoms with Crippen LogP contribution in [0.2, 0.25) is 0 Å². The summed E-state index contributed by atoms with van der Waals surface area (Å²) in [5, 5.41) is 6.15. The monoisotopic (exact) mass is 427 g/mol. The van der Waals surface area contributed by atoms with Crippen molar-refractivity contribution in [1.29, 1.82) is 0 Å². The van der Waals surface area contributed by atoms with Crippen molar-refractivity contribution in [2.24, 2.45) is 11.8 Å².